The van der Waals surface area contributed by atoms with Crippen molar-refractivity contribution in [2.24, 2.45) is 0 Å². The molecule has 0 atom stereocenters. The summed E-state index contributed by atoms with van der Waals surface area (Å²) < 4.78 is 1.48. The summed E-state index contributed by atoms with van der Waals surface area (Å²) in [5.41, 5.74) is 1.62. The summed E-state index contributed by atoms with van der Waals surface area (Å²) >= 11 is 7.05. The molecule has 29 heavy (non-hydrogen) atoms. The number of amides is 1. The van der Waals surface area contributed by atoms with Gasteiger partial charge in [-0.1, -0.05) is 35.5 Å². The fourth-order valence-electron chi connectivity index (χ4n) is 2.78. The first-order valence-corrected chi connectivity index (χ1v) is 10.1. The molecule has 0 unspecified atom stereocenters. The van der Waals surface area contributed by atoms with Gasteiger partial charge in [-0.25, -0.2) is 4.98 Å². The molecule has 2 heterocycles. The van der Waals surface area contributed by atoms with E-state index in [9.17, 15) is 9.59 Å². The highest BCUT2D eigenvalue weighted by Crippen LogP contribution is 2.21. The SMILES string of the molecule is O=C(CSc1nc2ccccc2c(=O)n1-c1cccnc1)Nc1ccc(Cl)cc1. The number of nitrogens with one attached hydrogen (secondary N) is 1. The predicted molar refractivity (Wildman–Crippen MR) is 116 cm³/mol. The molecule has 2 aromatic carbocycles. The van der Waals surface area contributed by atoms with E-state index in [0.29, 0.717) is 32.5 Å². The number of hydrogen-bond donors (Lipinski definition) is 1. The Morgan fingerprint density at radius 1 is 1.07 bits per heavy atom. The highest BCUT2D eigenvalue weighted by Gasteiger charge is 2.15. The molecule has 0 spiro atoms. The molecule has 0 aliphatic carbocycles. The largest absolute Gasteiger partial charge is 0.325 e. The minimum atomic E-state index is -0.211. The number of fused-ring (bicyclic) bond motifs is 1. The van der Waals surface area contributed by atoms with Gasteiger partial charge in [-0.2, -0.15) is 0 Å². The Balaban J connectivity index is 1.64. The van der Waals surface area contributed by atoms with Crippen LogP contribution in [0.5, 0.6) is 0 Å². The van der Waals surface area contributed by atoms with Gasteiger partial charge < -0.3 is 5.32 Å². The van der Waals surface area contributed by atoms with E-state index in [1.807, 2.05) is 6.07 Å². The highest BCUT2D eigenvalue weighted by atomic mass is 35.5. The lowest BCUT2D eigenvalue weighted by atomic mass is 10.2. The summed E-state index contributed by atoms with van der Waals surface area (Å²) in [6.45, 7) is 0. The van der Waals surface area contributed by atoms with E-state index in [0.717, 1.165) is 0 Å². The second-order valence-electron chi connectivity index (χ2n) is 6.11. The van der Waals surface area contributed by atoms with Crippen molar-refractivity contribution in [1.82, 2.24) is 14.5 Å². The molecule has 0 saturated carbocycles. The van der Waals surface area contributed by atoms with Crippen LogP contribution in [0.15, 0.2) is 83.0 Å². The van der Waals surface area contributed by atoms with Gasteiger partial charge in [0.25, 0.3) is 5.56 Å². The lowest BCUT2D eigenvalue weighted by Gasteiger charge is -2.13. The number of thioether (sulfide) groups is 1. The van der Waals surface area contributed by atoms with Gasteiger partial charge in [0.05, 0.1) is 28.5 Å². The number of para-hydroxylation sites is 1. The Labute approximate surface area is 175 Å². The van der Waals surface area contributed by atoms with E-state index in [-0.39, 0.29) is 17.2 Å². The smallest absolute Gasteiger partial charge is 0.266 e. The average molecular weight is 423 g/mol. The monoisotopic (exact) mass is 422 g/mol. The van der Waals surface area contributed by atoms with Crippen LogP contribution in [-0.2, 0) is 4.79 Å². The molecule has 1 N–H and O–H groups in total. The van der Waals surface area contributed by atoms with Gasteiger partial charge >= 0.3 is 0 Å². The number of pyridine rings is 1. The Bertz CT molecular complexity index is 1230. The molecule has 4 aromatic rings. The molecule has 6 nitrogen and oxygen atoms in total. The summed E-state index contributed by atoms with van der Waals surface area (Å²) in [5, 5.41) is 4.33. The molecular formula is C21H15ClN4O2S. The van der Waals surface area contributed by atoms with Crippen molar-refractivity contribution >= 4 is 45.9 Å². The Hall–Kier alpha value is -3.16. The molecule has 2 aromatic heterocycles. The van der Waals surface area contributed by atoms with Crippen LogP contribution in [0, 0.1) is 0 Å². The van der Waals surface area contributed by atoms with Gasteiger partial charge in [0, 0.05) is 16.9 Å². The van der Waals surface area contributed by atoms with Crippen LogP contribution in [0.2, 0.25) is 5.02 Å². The second-order valence-corrected chi connectivity index (χ2v) is 7.49. The Morgan fingerprint density at radius 3 is 2.62 bits per heavy atom. The van der Waals surface area contributed by atoms with Crippen LogP contribution in [0.3, 0.4) is 0 Å². The summed E-state index contributed by atoms with van der Waals surface area (Å²) in [5.74, 6) is -0.120. The maximum absolute atomic E-state index is 13.1. The minimum Gasteiger partial charge on any atom is -0.325 e. The molecule has 0 radical (unpaired) electrons. The zero-order valence-electron chi connectivity index (χ0n) is 15.1. The molecule has 1 amide bonds. The highest BCUT2D eigenvalue weighted by molar-refractivity contribution is 7.99. The molecule has 144 valence electrons. The lowest BCUT2D eigenvalue weighted by Crippen LogP contribution is -2.23. The number of carbonyl (C=O) groups excluding carboxylic acids is 1. The normalized spacial score (nSPS) is 10.8. The first-order chi connectivity index (χ1) is 14.1. The minimum absolute atomic E-state index is 0.0909. The maximum Gasteiger partial charge on any atom is 0.266 e. The van der Waals surface area contributed by atoms with Crippen molar-refractivity contribution in [3.8, 4) is 5.69 Å². The van der Waals surface area contributed by atoms with Gasteiger partial charge in [0.15, 0.2) is 5.16 Å². The molecule has 0 aliphatic heterocycles. The van der Waals surface area contributed by atoms with Crippen LogP contribution in [-0.4, -0.2) is 26.2 Å². The first-order valence-electron chi connectivity index (χ1n) is 8.72. The fourth-order valence-corrected chi connectivity index (χ4v) is 3.72. The summed E-state index contributed by atoms with van der Waals surface area (Å²) in [7, 11) is 0. The number of halogens is 1. The summed E-state index contributed by atoms with van der Waals surface area (Å²) in [6.07, 6.45) is 3.23. The fraction of sp³-hybridized carbons (Fsp3) is 0.0476. The van der Waals surface area contributed by atoms with Crippen LogP contribution in [0.25, 0.3) is 16.6 Å². The lowest BCUT2D eigenvalue weighted by molar-refractivity contribution is -0.113. The van der Waals surface area contributed by atoms with Crippen molar-refractivity contribution in [1.29, 1.82) is 0 Å². The zero-order chi connectivity index (χ0) is 20.2. The van der Waals surface area contributed by atoms with E-state index in [1.54, 1.807) is 67.0 Å². The number of anilines is 1. The second kappa shape index (κ2) is 8.46. The number of aromatic nitrogens is 3. The third-order valence-corrected chi connectivity index (χ3v) is 5.30. The zero-order valence-corrected chi connectivity index (χ0v) is 16.7. The van der Waals surface area contributed by atoms with E-state index in [1.165, 1.54) is 16.3 Å². The third-order valence-electron chi connectivity index (χ3n) is 4.11. The van der Waals surface area contributed by atoms with Crippen LogP contribution in [0.4, 0.5) is 5.69 Å². The number of rotatable bonds is 5. The molecule has 0 aliphatic rings. The predicted octanol–water partition coefficient (Wildman–Crippen LogP) is 4.16. The quantitative estimate of drug-likeness (QED) is 0.386. The van der Waals surface area contributed by atoms with E-state index < -0.39 is 0 Å². The van der Waals surface area contributed by atoms with E-state index in [2.05, 4.69) is 15.3 Å². The van der Waals surface area contributed by atoms with Crippen molar-refractivity contribution in [2.45, 2.75) is 5.16 Å². The Kier molecular flexibility index (Phi) is 5.59. The third kappa shape index (κ3) is 4.31. The standard InChI is InChI=1S/C21H15ClN4O2S/c22-14-7-9-15(10-8-14)24-19(27)13-29-21-25-18-6-2-1-5-17(18)20(28)26(21)16-4-3-11-23-12-16/h1-12H,13H2,(H,24,27). The summed E-state index contributed by atoms with van der Waals surface area (Å²) in [6, 6.07) is 17.5. The summed E-state index contributed by atoms with van der Waals surface area (Å²) in [4.78, 5) is 34.2. The van der Waals surface area contributed by atoms with E-state index >= 15 is 0 Å². The van der Waals surface area contributed by atoms with Crippen molar-refractivity contribution in [3.05, 3.63) is 88.4 Å². The topological polar surface area (TPSA) is 76.9 Å². The van der Waals surface area contributed by atoms with Crippen molar-refractivity contribution in [3.63, 3.8) is 0 Å². The van der Waals surface area contributed by atoms with Gasteiger partial charge in [-0.3, -0.25) is 19.1 Å². The molecule has 8 heteroatoms. The molecular weight excluding hydrogens is 408 g/mol. The number of hydrogen-bond acceptors (Lipinski definition) is 5. The number of benzene rings is 2. The molecule has 0 saturated heterocycles. The van der Waals surface area contributed by atoms with Gasteiger partial charge in [0.1, 0.15) is 0 Å². The van der Waals surface area contributed by atoms with Crippen LogP contribution < -0.4 is 10.9 Å². The average Bonchev–Trinajstić information content (AvgIpc) is 2.75. The van der Waals surface area contributed by atoms with Crippen LogP contribution in [0.1, 0.15) is 0 Å². The Morgan fingerprint density at radius 2 is 1.86 bits per heavy atom. The van der Waals surface area contributed by atoms with Gasteiger partial charge in [0.2, 0.25) is 5.91 Å². The number of carbonyl (C=O) groups is 1. The maximum atomic E-state index is 13.1. The first kappa shape index (κ1) is 19.2. The van der Waals surface area contributed by atoms with Gasteiger partial charge in [-0.15, -0.1) is 0 Å². The van der Waals surface area contributed by atoms with Crippen molar-refractivity contribution < 1.29 is 4.79 Å². The van der Waals surface area contributed by atoms with E-state index in [4.69, 9.17) is 11.6 Å². The molecule has 4 rings (SSSR count). The molecule has 0 fully saturated rings. The van der Waals surface area contributed by atoms with Crippen molar-refractivity contribution in [2.75, 3.05) is 11.1 Å². The van der Waals surface area contributed by atoms with Gasteiger partial charge in [-0.05, 0) is 48.5 Å². The number of nitrogens with zero attached hydrogens (tertiary/aromatic N) is 3. The molecule has 0 bridgehead atoms. The van der Waals surface area contributed by atoms with Crippen LogP contribution >= 0.6 is 23.4 Å².